The number of nitrogens with one attached hydrogen (secondary N) is 1. The van der Waals surface area contributed by atoms with E-state index >= 15 is 0 Å². The molecule has 4 aromatic rings. The van der Waals surface area contributed by atoms with E-state index in [1.807, 2.05) is 12.1 Å². The molecular weight excluding hydrogens is 370 g/mol. The number of ether oxygens (including phenoxy) is 2. The maximum atomic E-state index is 5.72. The van der Waals surface area contributed by atoms with Gasteiger partial charge in [-0.05, 0) is 12.5 Å². The van der Waals surface area contributed by atoms with Crippen molar-refractivity contribution in [2.24, 2.45) is 0 Å². The fourth-order valence-electron chi connectivity index (χ4n) is 3.38. The minimum absolute atomic E-state index is 0.762. The highest BCUT2D eigenvalue weighted by atomic mass is 32.1. The van der Waals surface area contributed by atoms with Gasteiger partial charge in [0.1, 0.15) is 11.5 Å². The first-order valence-electron chi connectivity index (χ1n) is 9.22. The fourth-order valence-corrected chi connectivity index (χ4v) is 4.16. The van der Waals surface area contributed by atoms with Gasteiger partial charge in [-0.25, -0.2) is 4.98 Å². The second-order valence-corrected chi connectivity index (χ2v) is 7.31. The van der Waals surface area contributed by atoms with Crippen molar-refractivity contribution in [3.8, 4) is 22.8 Å². The molecule has 2 aromatic carbocycles. The molecule has 6 heteroatoms. The molecule has 5 nitrogen and oxygen atoms in total. The summed E-state index contributed by atoms with van der Waals surface area (Å²) in [4.78, 5) is 4.77. The molecule has 0 bridgehead atoms. The van der Waals surface area contributed by atoms with Gasteiger partial charge in [-0.3, -0.25) is 0 Å². The Morgan fingerprint density at radius 3 is 2.64 bits per heavy atom. The van der Waals surface area contributed by atoms with Gasteiger partial charge in [0, 0.05) is 42.4 Å². The van der Waals surface area contributed by atoms with Crippen molar-refractivity contribution in [3.05, 3.63) is 59.6 Å². The van der Waals surface area contributed by atoms with Crippen LogP contribution in [0.25, 0.3) is 22.2 Å². The third kappa shape index (κ3) is 3.43. The number of thiazole rings is 1. The lowest BCUT2D eigenvalue weighted by molar-refractivity contribution is 0.398. The normalized spacial score (nSPS) is 11.0. The average molecular weight is 394 g/mol. The van der Waals surface area contributed by atoms with Crippen LogP contribution in [-0.2, 0) is 6.54 Å². The molecule has 0 aliphatic carbocycles. The van der Waals surface area contributed by atoms with Crippen LogP contribution in [0.3, 0.4) is 0 Å². The Morgan fingerprint density at radius 2 is 1.93 bits per heavy atom. The monoisotopic (exact) mass is 393 g/mol. The van der Waals surface area contributed by atoms with Crippen molar-refractivity contribution >= 4 is 27.4 Å². The highest BCUT2D eigenvalue weighted by molar-refractivity contribution is 7.14. The molecule has 4 rings (SSSR count). The second kappa shape index (κ2) is 7.94. The number of rotatable bonds is 7. The molecule has 0 fully saturated rings. The van der Waals surface area contributed by atoms with Gasteiger partial charge in [0.25, 0.3) is 0 Å². The topological polar surface area (TPSA) is 48.3 Å². The largest absolute Gasteiger partial charge is 0.497 e. The maximum absolute atomic E-state index is 5.72. The van der Waals surface area contributed by atoms with E-state index in [-0.39, 0.29) is 0 Å². The summed E-state index contributed by atoms with van der Waals surface area (Å²) < 4.78 is 13.5. The summed E-state index contributed by atoms with van der Waals surface area (Å²) in [6.45, 7) is 3.68. The van der Waals surface area contributed by atoms with Crippen LogP contribution in [0.2, 0.25) is 0 Å². The lowest BCUT2D eigenvalue weighted by atomic mass is 10.1. The third-order valence-corrected chi connectivity index (χ3v) is 5.48. The van der Waals surface area contributed by atoms with Gasteiger partial charge < -0.3 is 19.4 Å². The van der Waals surface area contributed by atoms with Crippen LogP contribution in [0.1, 0.15) is 12.5 Å². The van der Waals surface area contributed by atoms with E-state index in [0.717, 1.165) is 51.9 Å². The number of anilines is 1. The van der Waals surface area contributed by atoms with E-state index in [9.17, 15) is 0 Å². The smallest absolute Gasteiger partial charge is 0.183 e. The van der Waals surface area contributed by atoms with Gasteiger partial charge >= 0.3 is 0 Å². The van der Waals surface area contributed by atoms with Gasteiger partial charge in [-0.1, -0.05) is 30.3 Å². The SMILES string of the molecule is CCNc1nc(-c2cn(Cc3ccccc3)c3cc(OC)cc(OC)c23)cs1. The van der Waals surface area contributed by atoms with Crippen LogP contribution in [0.15, 0.2) is 54.0 Å². The summed E-state index contributed by atoms with van der Waals surface area (Å²) in [5, 5.41) is 7.35. The average Bonchev–Trinajstić information content (AvgIpc) is 3.33. The lowest BCUT2D eigenvalue weighted by Gasteiger charge is -2.10. The van der Waals surface area contributed by atoms with Crippen LogP contribution in [0, 0.1) is 0 Å². The first-order valence-corrected chi connectivity index (χ1v) is 10.1. The number of hydrogen-bond donors (Lipinski definition) is 1. The first-order chi connectivity index (χ1) is 13.7. The summed E-state index contributed by atoms with van der Waals surface area (Å²) in [7, 11) is 3.37. The highest BCUT2D eigenvalue weighted by Gasteiger charge is 2.18. The maximum Gasteiger partial charge on any atom is 0.183 e. The van der Waals surface area contributed by atoms with Crippen LogP contribution < -0.4 is 14.8 Å². The van der Waals surface area contributed by atoms with Gasteiger partial charge in [-0.2, -0.15) is 0 Å². The van der Waals surface area contributed by atoms with Crippen LogP contribution >= 0.6 is 11.3 Å². The van der Waals surface area contributed by atoms with Crippen molar-refractivity contribution in [1.29, 1.82) is 0 Å². The Balaban J connectivity index is 1.90. The molecule has 1 N–H and O–H groups in total. The number of fused-ring (bicyclic) bond motifs is 1. The van der Waals surface area contributed by atoms with E-state index in [1.54, 1.807) is 25.6 Å². The van der Waals surface area contributed by atoms with Crippen LogP contribution in [0.4, 0.5) is 5.13 Å². The third-order valence-electron chi connectivity index (χ3n) is 4.68. The van der Waals surface area contributed by atoms with Crippen molar-refractivity contribution < 1.29 is 9.47 Å². The summed E-state index contributed by atoms with van der Waals surface area (Å²) >= 11 is 1.61. The fraction of sp³-hybridized carbons (Fsp3) is 0.227. The zero-order valence-corrected chi connectivity index (χ0v) is 17.0. The van der Waals surface area contributed by atoms with E-state index < -0.39 is 0 Å². The minimum atomic E-state index is 0.762. The Bertz CT molecular complexity index is 1090. The summed E-state index contributed by atoms with van der Waals surface area (Å²) in [5.74, 6) is 1.56. The zero-order chi connectivity index (χ0) is 19.5. The number of aromatic nitrogens is 2. The van der Waals surface area contributed by atoms with E-state index in [2.05, 4.69) is 58.7 Å². The van der Waals surface area contributed by atoms with E-state index in [1.165, 1.54) is 5.56 Å². The molecule has 28 heavy (non-hydrogen) atoms. The first kappa shape index (κ1) is 18.4. The quantitative estimate of drug-likeness (QED) is 0.465. The van der Waals surface area contributed by atoms with E-state index in [0.29, 0.717) is 0 Å². The van der Waals surface area contributed by atoms with Crippen LogP contribution in [0.5, 0.6) is 11.5 Å². The molecule has 2 aromatic heterocycles. The number of hydrogen-bond acceptors (Lipinski definition) is 5. The molecule has 0 unspecified atom stereocenters. The summed E-state index contributed by atoms with van der Waals surface area (Å²) in [6.07, 6.45) is 2.16. The molecule has 2 heterocycles. The molecule has 0 amide bonds. The molecule has 0 atom stereocenters. The Morgan fingerprint density at radius 1 is 1.11 bits per heavy atom. The van der Waals surface area contributed by atoms with Gasteiger partial charge in [0.15, 0.2) is 5.13 Å². The minimum Gasteiger partial charge on any atom is -0.497 e. The molecular formula is C22H23N3O2S. The number of benzene rings is 2. The van der Waals surface area contributed by atoms with Crippen LogP contribution in [-0.4, -0.2) is 30.3 Å². The highest BCUT2D eigenvalue weighted by Crippen LogP contribution is 2.40. The molecule has 0 radical (unpaired) electrons. The predicted molar refractivity (Wildman–Crippen MR) is 116 cm³/mol. The van der Waals surface area contributed by atoms with Gasteiger partial charge in [-0.15, -0.1) is 11.3 Å². The molecule has 0 aliphatic rings. The Hall–Kier alpha value is -2.99. The molecule has 144 valence electrons. The standard InChI is InChI=1S/C22H23N3O2S/c1-4-23-22-24-18(14-28-22)17-13-25(12-15-8-6-5-7-9-15)19-10-16(26-2)11-20(27-3)21(17)19/h5-11,13-14H,4,12H2,1-3H3,(H,23,24). The lowest BCUT2D eigenvalue weighted by Crippen LogP contribution is -1.98. The second-order valence-electron chi connectivity index (χ2n) is 6.45. The van der Waals surface area contributed by atoms with Gasteiger partial charge in [0.2, 0.25) is 0 Å². The van der Waals surface area contributed by atoms with E-state index in [4.69, 9.17) is 14.5 Å². The predicted octanol–water partition coefficient (Wildman–Crippen LogP) is 5.26. The number of nitrogens with zero attached hydrogens (tertiary/aromatic N) is 2. The van der Waals surface area contributed by atoms with Crippen molar-refractivity contribution in [3.63, 3.8) is 0 Å². The van der Waals surface area contributed by atoms with Crippen molar-refractivity contribution in [2.45, 2.75) is 13.5 Å². The Kier molecular flexibility index (Phi) is 5.21. The van der Waals surface area contributed by atoms with Gasteiger partial charge in [0.05, 0.1) is 30.8 Å². The Labute approximate surface area is 168 Å². The molecule has 0 spiro atoms. The van der Waals surface area contributed by atoms with Crippen molar-refractivity contribution in [2.75, 3.05) is 26.1 Å². The summed E-state index contributed by atoms with van der Waals surface area (Å²) in [5.41, 5.74) is 4.31. The molecule has 0 saturated heterocycles. The molecule has 0 aliphatic heterocycles. The zero-order valence-electron chi connectivity index (χ0n) is 16.2. The van der Waals surface area contributed by atoms with Crippen molar-refractivity contribution in [1.82, 2.24) is 9.55 Å². The number of methoxy groups -OCH3 is 2. The molecule has 0 saturated carbocycles. The summed E-state index contributed by atoms with van der Waals surface area (Å²) in [6, 6.07) is 14.4.